The van der Waals surface area contributed by atoms with Crippen molar-refractivity contribution in [2.45, 2.75) is 45.2 Å². The highest BCUT2D eigenvalue weighted by Crippen LogP contribution is 2.52. The van der Waals surface area contributed by atoms with Crippen molar-refractivity contribution in [1.82, 2.24) is 30.2 Å². The van der Waals surface area contributed by atoms with Gasteiger partial charge in [-0.3, -0.25) is 14.6 Å². The summed E-state index contributed by atoms with van der Waals surface area (Å²) in [6.07, 6.45) is 6.97. The zero-order chi connectivity index (χ0) is 23.4. The molecule has 1 unspecified atom stereocenters. The molecular formula is C24H27N7O2S. The molecule has 7 rings (SSSR count). The molecule has 2 bridgehead atoms. The van der Waals surface area contributed by atoms with Crippen molar-refractivity contribution in [3.8, 4) is 0 Å². The van der Waals surface area contributed by atoms with Crippen LogP contribution in [0.3, 0.4) is 0 Å². The van der Waals surface area contributed by atoms with E-state index in [-0.39, 0.29) is 29.8 Å². The van der Waals surface area contributed by atoms with Crippen molar-refractivity contribution >= 4 is 39.4 Å². The van der Waals surface area contributed by atoms with Crippen molar-refractivity contribution in [1.29, 1.82) is 0 Å². The number of carbonyl (C=O) groups is 2. The maximum absolute atomic E-state index is 13.4. The topological polar surface area (TPSA) is 113 Å². The smallest absolute Gasteiger partial charge is 0.274 e. The van der Waals surface area contributed by atoms with Crippen molar-refractivity contribution in [2.24, 2.45) is 17.8 Å². The maximum atomic E-state index is 13.4. The molecule has 1 aliphatic heterocycles. The highest BCUT2D eigenvalue weighted by Gasteiger charge is 2.48. The Labute approximate surface area is 201 Å². The number of thiazole rings is 1. The molecule has 9 nitrogen and oxygen atoms in total. The third kappa shape index (κ3) is 3.79. The molecule has 3 aromatic rings. The molecule has 2 atom stereocenters. The lowest BCUT2D eigenvalue weighted by atomic mass is 9.82. The Morgan fingerprint density at radius 1 is 1.18 bits per heavy atom. The van der Waals surface area contributed by atoms with Crippen LogP contribution in [0.1, 0.15) is 53.3 Å². The molecule has 2 amide bonds. The van der Waals surface area contributed by atoms with Gasteiger partial charge in [-0.2, -0.15) is 4.98 Å². The number of nitrogens with zero attached hydrogens (tertiary/aromatic N) is 5. The monoisotopic (exact) mass is 477 g/mol. The molecule has 0 spiro atoms. The van der Waals surface area contributed by atoms with Gasteiger partial charge in [0.1, 0.15) is 4.70 Å². The zero-order valence-electron chi connectivity index (χ0n) is 19.2. The van der Waals surface area contributed by atoms with E-state index >= 15 is 0 Å². The first-order valence-electron chi connectivity index (χ1n) is 11.9. The predicted octanol–water partition coefficient (Wildman–Crippen LogP) is 2.95. The van der Waals surface area contributed by atoms with Gasteiger partial charge in [-0.05, 0) is 56.6 Å². The van der Waals surface area contributed by atoms with Gasteiger partial charge in [-0.15, -0.1) is 11.3 Å². The molecule has 3 saturated carbocycles. The lowest BCUT2D eigenvalue weighted by Gasteiger charge is -2.40. The van der Waals surface area contributed by atoms with E-state index in [1.807, 2.05) is 26.0 Å². The number of likely N-dealkylation sites (tertiary alicyclic amines) is 1. The minimum absolute atomic E-state index is 0.0120. The Kier molecular flexibility index (Phi) is 5.20. The molecule has 4 fully saturated rings. The molecule has 3 aliphatic carbocycles. The summed E-state index contributed by atoms with van der Waals surface area (Å²) in [6.45, 7) is 4.90. The Morgan fingerprint density at radius 3 is 2.71 bits per heavy atom. The molecule has 4 heterocycles. The number of pyridine rings is 1. The normalized spacial score (nSPS) is 24.4. The fraction of sp³-hybridized carbons (Fsp3) is 0.500. The van der Waals surface area contributed by atoms with Crippen LogP contribution in [0.5, 0.6) is 0 Å². The van der Waals surface area contributed by atoms with Gasteiger partial charge in [0, 0.05) is 31.4 Å². The van der Waals surface area contributed by atoms with Gasteiger partial charge < -0.3 is 15.5 Å². The molecule has 0 aromatic carbocycles. The largest absolute Gasteiger partial charge is 0.350 e. The fourth-order valence-corrected chi connectivity index (χ4v) is 6.26. The van der Waals surface area contributed by atoms with Gasteiger partial charge in [-0.25, -0.2) is 9.97 Å². The fourth-order valence-electron chi connectivity index (χ4n) is 5.42. The molecule has 34 heavy (non-hydrogen) atoms. The third-order valence-corrected chi connectivity index (χ3v) is 8.34. The summed E-state index contributed by atoms with van der Waals surface area (Å²) in [5.74, 6) is 1.88. The molecule has 4 aliphatic rings. The number of aromatic nitrogens is 4. The standard InChI is InChI=1S/C24H27N7O2S/c1-12(15-4-3-5-25-9-15)26-24-29-19(20-21(30-24)27-13(2)34-20)23(33)31-10-17(11-31)28-22(32)18-8-14-6-16(18)7-14/h3-5,9,12,14,16-18H,6-8,10-11H2,1-2H3,(H,28,32)(H,26,29,30)/t12?,14?,16?,18-/m1/s1. The SMILES string of the molecule is Cc1nc2nc(NC(C)c3cccnc3)nc(C(=O)N3CC(NC(=O)[C@@H]4CC5CC4C5)C3)c2s1. The second kappa shape index (κ2) is 8.26. The van der Waals surface area contributed by atoms with E-state index in [0.29, 0.717) is 41.0 Å². The number of amides is 2. The first-order valence-corrected chi connectivity index (χ1v) is 12.7. The van der Waals surface area contributed by atoms with Crippen LogP contribution in [0.4, 0.5) is 5.95 Å². The molecule has 10 heteroatoms. The number of aryl methyl sites for hydroxylation is 1. The minimum Gasteiger partial charge on any atom is -0.350 e. The maximum Gasteiger partial charge on any atom is 0.274 e. The van der Waals surface area contributed by atoms with E-state index in [1.165, 1.54) is 24.2 Å². The summed E-state index contributed by atoms with van der Waals surface area (Å²) in [5.41, 5.74) is 1.87. The second-order valence-electron chi connectivity index (χ2n) is 9.79. The summed E-state index contributed by atoms with van der Waals surface area (Å²) < 4.78 is 0.695. The van der Waals surface area contributed by atoms with Gasteiger partial charge in [-0.1, -0.05) is 6.07 Å². The van der Waals surface area contributed by atoms with Crippen LogP contribution in [-0.4, -0.2) is 55.8 Å². The third-order valence-electron chi connectivity index (χ3n) is 7.37. The average Bonchev–Trinajstić information content (AvgIpc) is 3.48. The van der Waals surface area contributed by atoms with E-state index < -0.39 is 0 Å². The van der Waals surface area contributed by atoms with Crippen LogP contribution in [-0.2, 0) is 4.79 Å². The summed E-state index contributed by atoms with van der Waals surface area (Å²) in [4.78, 5) is 45.5. The highest BCUT2D eigenvalue weighted by atomic mass is 32.1. The van der Waals surface area contributed by atoms with Crippen LogP contribution < -0.4 is 10.6 Å². The van der Waals surface area contributed by atoms with E-state index in [0.717, 1.165) is 22.9 Å². The van der Waals surface area contributed by atoms with Crippen molar-refractivity contribution in [3.63, 3.8) is 0 Å². The zero-order valence-corrected chi connectivity index (χ0v) is 20.0. The number of hydrogen-bond acceptors (Lipinski definition) is 8. The van der Waals surface area contributed by atoms with Crippen molar-refractivity contribution < 1.29 is 9.59 Å². The Balaban J connectivity index is 1.16. The van der Waals surface area contributed by atoms with Gasteiger partial charge in [0.25, 0.3) is 5.91 Å². The van der Waals surface area contributed by atoms with Crippen molar-refractivity contribution in [3.05, 3.63) is 40.8 Å². The molecule has 0 radical (unpaired) electrons. The average molecular weight is 478 g/mol. The quantitative estimate of drug-likeness (QED) is 0.561. The predicted molar refractivity (Wildman–Crippen MR) is 128 cm³/mol. The first kappa shape index (κ1) is 21.4. The minimum atomic E-state index is -0.151. The van der Waals surface area contributed by atoms with Gasteiger partial charge in [0.05, 0.1) is 17.1 Å². The van der Waals surface area contributed by atoms with Gasteiger partial charge in [0.2, 0.25) is 11.9 Å². The second-order valence-corrected chi connectivity index (χ2v) is 11.0. The Morgan fingerprint density at radius 2 is 2.00 bits per heavy atom. The van der Waals surface area contributed by atoms with Gasteiger partial charge in [0.15, 0.2) is 11.3 Å². The number of nitrogens with one attached hydrogen (secondary N) is 2. The molecule has 176 valence electrons. The molecular weight excluding hydrogens is 450 g/mol. The molecule has 3 aromatic heterocycles. The van der Waals surface area contributed by atoms with E-state index in [1.54, 1.807) is 17.3 Å². The number of anilines is 1. The van der Waals surface area contributed by atoms with E-state index in [4.69, 9.17) is 0 Å². The van der Waals surface area contributed by atoms with Crippen molar-refractivity contribution in [2.75, 3.05) is 18.4 Å². The Hall–Kier alpha value is -3.14. The van der Waals surface area contributed by atoms with Gasteiger partial charge >= 0.3 is 0 Å². The van der Waals surface area contributed by atoms with Crippen LogP contribution in [0.25, 0.3) is 10.3 Å². The lowest BCUT2D eigenvalue weighted by molar-refractivity contribution is -0.127. The van der Waals surface area contributed by atoms with Crippen LogP contribution in [0.2, 0.25) is 0 Å². The molecule has 2 N–H and O–H groups in total. The van der Waals surface area contributed by atoms with Crippen LogP contribution in [0, 0.1) is 24.7 Å². The Bertz CT molecular complexity index is 1250. The number of carbonyl (C=O) groups excluding carboxylic acids is 2. The van der Waals surface area contributed by atoms with E-state index in [9.17, 15) is 9.59 Å². The number of fused-ring (bicyclic) bond motifs is 2. The summed E-state index contributed by atoms with van der Waals surface area (Å²) in [7, 11) is 0. The number of rotatable bonds is 6. The number of hydrogen-bond donors (Lipinski definition) is 2. The van der Waals surface area contributed by atoms with Crippen LogP contribution in [0.15, 0.2) is 24.5 Å². The highest BCUT2D eigenvalue weighted by molar-refractivity contribution is 7.18. The summed E-state index contributed by atoms with van der Waals surface area (Å²) in [6, 6.07) is 3.79. The lowest BCUT2D eigenvalue weighted by Crippen LogP contribution is -2.61. The summed E-state index contributed by atoms with van der Waals surface area (Å²) in [5, 5.41) is 7.27. The summed E-state index contributed by atoms with van der Waals surface area (Å²) >= 11 is 1.43. The van der Waals surface area contributed by atoms with E-state index in [2.05, 4.69) is 30.6 Å². The first-order chi connectivity index (χ1) is 16.4. The van der Waals surface area contributed by atoms with Crippen LogP contribution >= 0.6 is 11.3 Å². The molecule has 1 saturated heterocycles.